The van der Waals surface area contributed by atoms with E-state index in [-0.39, 0.29) is 24.0 Å². The van der Waals surface area contributed by atoms with Gasteiger partial charge in [-0.05, 0) is 24.0 Å². The average Bonchev–Trinajstić information content (AvgIpc) is 2.59. The molecule has 0 unspecified atom stereocenters. The number of aliphatic imine (C=N–C) groups is 1. The first-order valence-electron chi connectivity index (χ1n) is 8.29. The molecular weight excluding hydrogens is 427 g/mol. The zero-order valence-corrected chi connectivity index (χ0v) is 17.1. The van der Waals surface area contributed by atoms with E-state index in [2.05, 4.69) is 29.1 Å². The second kappa shape index (κ2) is 11.7. The third-order valence-electron chi connectivity index (χ3n) is 3.52. The van der Waals surface area contributed by atoms with E-state index in [4.69, 9.17) is 10.5 Å². The molecule has 1 aromatic carbocycles. The highest BCUT2D eigenvalue weighted by Gasteiger charge is 2.05. The molecule has 1 heterocycles. The zero-order chi connectivity index (χ0) is 17.2. The van der Waals surface area contributed by atoms with E-state index in [0.29, 0.717) is 30.9 Å². The van der Waals surface area contributed by atoms with Crippen LogP contribution in [0.4, 0.5) is 0 Å². The van der Waals surface area contributed by atoms with Crippen LogP contribution in [0.5, 0.6) is 5.88 Å². The third-order valence-corrected chi connectivity index (χ3v) is 3.52. The Morgan fingerprint density at radius 2 is 1.96 bits per heavy atom. The molecule has 0 amide bonds. The molecule has 1 aromatic heterocycles. The summed E-state index contributed by atoms with van der Waals surface area (Å²) in [7, 11) is 0. The minimum Gasteiger partial charge on any atom is -0.473 e. The average molecular weight is 454 g/mol. The predicted octanol–water partition coefficient (Wildman–Crippen LogP) is 3.73. The molecular formula is C19H27IN4O. The van der Waals surface area contributed by atoms with E-state index in [1.54, 1.807) is 6.20 Å². The van der Waals surface area contributed by atoms with Crippen molar-refractivity contribution in [1.29, 1.82) is 0 Å². The minimum absolute atomic E-state index is 0. The smallest absolute Gasteiger partial charge is 0.218 e. The molecule has 6 heteroatoms. The van der Waals surface area contributed by atoms with E-state index in [1.807, 2.05) is 42.5 Å². The first-order valence-corrected chi connectivity index (χ1v) is 8.29. The van der Waals surface area contributed by atoms with Crippen molar-refractivity contribution in [3.05, 3.63) is 59.8 Å². The maximum atomic E-state index is 5.90. The van der Waals surface area contributed by atoms with Gasteiger partial charge in [-0.2, -0.15) is 0 Å². The number of nitrogens with zero attached hydrogens (tertiary/aromatic N) is 2. The Hall–Kier alpha value is -1.83. The number of halogens is 1. The number of pyridine rings is 1. The molecule has 0 fully saturated rings. The number of nitrogens with one attached hydrogen (secondary N) is 1. The largest absolute Gasteiger partial charge is 0.473 e. The number of hydrogen-bond donors (Lipinski definition) is 2. The summed E-state index contributed by atoms with van der Waals surface area (Å²) in [5.41, 5.74) is 7.92. The number of hydrogen-bond acceptors (Lipinski definition) is 3. The van der Waals surface area contributed by atoms with Crippen molar-refractivity contribution in [3.8, 4) is 5.88 Å². The van der Waals surface area contributed by atoms with Crippen LogP contribution in [0.3, 0.4) is 0 Å². The number of guanidine groups is 1. The standard InChI is InChI=1S/C19H26N4O.HI/c1-15(2)10-12-22-19(20)23-13-17-9-6-11-21-18(17)24-14-16-7-4-3-5-8-16;/h3-9,11,15H,10,12-14H2,1-2H3,(H3,20,22,23);1H. The Morgan fingerprint density at radius 3 is 2.68 bits per heavy atom. The van der Waals surface area contributed by atoms with Crippen LogP contribution in [-0.2, 0) is 13.2 Å². The van der Waals surface area contributed by atoms with Gasteiger partial charge in [-0.25, -0.2) is 9.98 Å². The van der Waals surface area contributed by atoms with Crippen LogP contribution < -0.4 is 15.8 Å². The molecule has 0 atom stereocenters. The van der Waals surface area contributed by atoms with Gasteiger partial charge in [0.15, 0.2) is 5.96 Å². The van der Waals surface area contributed by atoms with E-state index in [1.165, 1.54) is 0 Å². The van der Waals surface area contributed by atoms with Crippen molar-refractivity contribution in [3.63, 3.8) is 0 Å². The Kier molecular flexibility index (Phi) is 9.91. The van der Waals surface area contributed by atoms with E-state index in [0.717, 1.165) is 24.1 Å². The van der Waals surface area contributed by atoms with Gasteiger partial charge >= 0.3 is 0 Å². The van der Waals surface area contributed by atoms with Gasteiger partial charge in [0.05, 0.1) is 6.54 Å². The fraction of sp³-hybridized carbons (Fsp3) is 0.368. The van der Waals surface area contributed by atoms with Crippen LogP contribution in [0.25, 0.3) is 0 Å². The lowest BCUT2D eigenvalue weighted by Gasteiger charge is -2.10. The predicted molar refractivity (Wildman–Crippen MR) is 113 cm³/mol. The fourth-order valence-electron chi connectivity index (χ4n) is 2.12. The van der Waals surface area contributed by atoms with Crippen LogP contribution in [-0.4, -0.2) is 17.5 Å². The van der Waals surface area contributed by atoms with Crippen LogP contribution in [0.1, 0.15) is 31.4 Å². The van der Waals surface area contributed by atoms with Crippen molar-refractivity contribution < 1.29 is 4.74 Å². The SMILES string of the molecule is CC(C)CCNC(N)=NCc1cccnc1OCc1ccccc1.I. The Balaban J connectivity index is 0.00000312. The summed E-state index contributed by atoms with van der Waals surface area (Å²) in [6, 6.07) is 13.9. The molecule has 2 rings (SSSR count). The Morgan fingerprint density at radius 1 is 1.20 bits per heavy atom. The molecule has 5 nitrogen and oxygen atoms in total. The van der Waals surface area contributed by atoms with Gasteiger partial charge < -0.3 is 15.8 Å². The molecule has 3 N–H and O–H groups in total. The molecule has 0 aliphatic rings. The summed E-state index contributed by atoms with van der Waals surface area (Å²) in [6.07, 6.45) is 2.78. The van der Waals surface area contributed by atoms with Gasteiger partial charge in [0.1, 0.15) is 6.61 Å². The summed E-state index contributed by atoms with van der Waals surface area (Å²) in [4.78, 5) is 8.67. The van der Waals surface area contributed by atoms with Crippen LogP contribution in [0, 0.1) is 5.92 Å². The van der Waals surface area contributed by atoms with Gasteiger partial charge in [0.25, 0.3) is 0 Å². The number of benzene rings is 1. The van der Waals surface area contributed by atoms with Crippen molar-refractivity contribution in [1.82, 2.24) is 10.3 Å². The lowest BCUT2D eigenvalue weighted by atomic mass is 10.1. The van der Waals surface area contributed by atoms with E-state index < -0.39 is 0 Å². The highest BCUT2D eigenvalue weighted by Crippen LogP contribution is 2.17. The summed E-state index contributed by atoms with van der Waals surface area (Å²) in [6.45, 7) is 6.12. The third kappa shape index (κ3) is 8.20. The highest BCUT2D eigenvalue weighted by atomic mass is 127. The maximum Gasteiger partial charge on any atom is 0.218 e. The Labute approximate surface area is 167 Å². The van der Waals surface area contributed by atoms with Crippen molar-refractivity contribution in [2.75, 3.05) is 6.54 Å². The lowest BCUT2D eigenvalue weighted by molar-refractivity contribution is 0.290. The van der Waals surface area contributed by atoms with Gasteiger partial charge in [-0.1, -0.05) is 50.2 Å². The van der Waals surface area contributed by atoms with Crippen molar-refractivity contribution in [2.24, 2.45) is 16.6 Å². The lowest BCUT2D eigenvalue weighted by Crippen LogP contribution is -2.32. The van der Waals surface area contributed by atoms with Crippen molar-refractivity contribution >= 4 is 29.9 Å². The summed E-state index contributed by atoms with van der Waals surface area (Å²) in [5, 5.41) is 3.13. The van der Waals surface area contributed by atoms with Crippen LogP contribution in [0.2, 0.25) is 0 Å². The molecule has 0 aliphatic heterocycles. The number of nitrogens with two attached hydrogens (primary N) is 1. The van der Waals surface area contributed by atoms with Gasteiger partial charge in [-0.3, -0.25) is 0 Å². The molecule has 0 spiro atoms. The quantitative estimate of drug-likeness (QED) is 0.362. The molecule has 0 radical (unpaired) electrons. The second-order valence-electron chi connectivity index (χ2n) is 6.05. The summed E-state index contributed by atoms with van der Waals surface area (Å²) in [5.74, 6) is 1.69. The van der Waals surface area contributed by atoms with E-state index in [9.17, 15) is 0 Å². The maximum absolute atomic E-state index is 5.90. The number of rotatable bonds is 8. The number of aromatic nitrogens is 1. The molecule has 2 aromatic rings. The molecule has 0 aliphatic carbocycles. The van der Waals surface area contributed by atoms with Crippen LogP contribution >= 0.6 is 24.0 Å². The van der Waals surface area contributed by atoms with Crippen molar-refractivity contribution in [2.45, 2.75) is 33.4 Å². The minimum atomic E-state index is 0. The summed E-state index contributed by atoms with van der Waals surface area (Å²) >= 11 is 0. The highest BCUT2D eigenvalue weighted by molar-refractivity contribution is 14.0. The van der Waals surface area contributed by atoms with Gasteiger partial charge in [0.2, 0.25) is 5.88 Å². The van der Waals surface area contributed by atoms with Crippen LogP contribution in [0.15, 0.2) is 53.7 Å². The monoisotopic (exact) mass is 454 g/mol. The first-order chi connectivity index (χ1) is 11.6. The fourth-order valence-corrected chi connectivity index (χ4v) is 2.12. The molecule has 0 saturated carbocycles. The topological polar surface area (TPSA) is 72.5 Å². The zero-order valence-electron chi connectivity index (χ0n) is 14.8. The molecule has 25 heavy (non-hydrogen) atoms. The first kappa shape index (κ1) is 21.2. The van der Waals surface area contributed by atoms with E-state index >= 15 is 0 Å². The van der Waals surface area contributed by atoms with Gasteiger partial charge in [0, 0.05) is 18.3 Å². The summed E-state index contributed by atoms with van der Waals surface area (Å²) < 4.78 is 5.83. The Bertz CT molecular complexity index is 647. The second-order valence-corrected chi connectivity index (χ2v) is 6.05. The molecule has 0 saturated heterocycles. The molecule has 136 valence electrons. The normalized spacial score (nSPS) is 11.1. The number of ether oxygens (including phenoxy) is 1. The molecule has 0 bridgehead atoms. The van der Waals surface area contributed by atoms with Gasteiger partial charge in [-0.15, -0.1) is 24.0 Å².